The van der Waals surface area contributed by atoms with Crippen LogP contribution in [-0.4, -0.2) is 48.5 Å². The van der Waals surface area contributed by atoms with Gasteiger partial charge in [0.1, 0.15) is 0 Å². The van der Waals surface area contributed by atoms with Crippen molar-refractivity contribution >= 4 is 17.7 Å². The van der Waals surface area contributed by atoms with Crippen molar-refractivity contribution in [2.45, 2.75) is 44.6 Å². The second-order valence-corrected chi connectivity index (χ2v) is 6.54. The molecule has 104 valence electrons. The average molecular weight is 270 g/mol. The quantitative estimate of drug-likeness (QED) is 0.830. The van der Waals surface area contributed by atoms with E-state index in [0.29, 0.717) is 11.7 Å². The summed E-state index contributed by atoms with van der Waals surface area (Å²) < 4.78 is 0. The molecule has 1 saturated heterocycles. The second-order valence-electron chi connectivity index (χ2n) is 5.68. The van der Waals surface area contributed by atoms with E-state index >= 15 is 0 Å². The number of thioether (sulfide) groups is 1. The van der Waals surface area contributed by atoms with E-state index in [0.717, 1.165) is 12.6 Å². The van der Waals surface area contributed by atoms with E-state index in [4.69, 9.17) is 0 Å². The summed E-state index contributed by atoms with van der Waals surface area (Å²) in [5, 5.41) is 3.06. The van der Waals surface area contributed by atoms with Gasteiger partial charge >= 0.3 is 0 Å². The van der Waals surface area contributed by atoms with Crippen LogP contribution in [0.5, 0.6) is 0 Å². The SMILES string of the molecule is CSCC(=O)NCC1CCN(C2CCCCC2)C1. The highest BCUT2D eigenvalue weighted by Gasteiger charge is 2.28. The fraction of sp³-hybridized carbons (Fsp3) is 0.929. The van der Waals surface area contributed by atoms with Crippen LogP contribution in [0.25, 0.3) is 0 Å². The lowest BCUT2D eigenvalue weighted by atomic mass is 9.94. The number of carbonyl (C=O) groups is 1. The Bertz CT molecular complexity index is 267. The fourth-order valence-corrected chi connectivity index (χ4v) is 3.61. The van der Waals surface area contributed by atoms with Crippen molar-refractivity contribution < 1.29 is 4.79 Å². The smallest absolute Gasteiger partial charge is 0.229 e. The van der Waals surface area contributed by atoms with E-state index in [1.807, 2.05) is 6.26 Å². The first-order valence-electron chi connectivity index (χ1n) is 7.29. The molecule has 1 heterocycles. The van der Waals surface area contributed by atoms with Crippen LogP contribution >= 0.6 is 11.8 Å². The number of amides is 1. The number of likely N-dealkylation sites (tertiary alicyclic amines) is 1. The third-order valence-electron chi connectivity index (χ3n) is 4.27. The number of hydrogen-bond donors (Lipinski definition) is 1. The Labute approximate surface area is 115 Å². The summed E-state index contributed by atoms with van der Waals surface area (Å²) in [4.78, 5) is 14.1. The Balaban J connectivity index is 1.66. The average Bonchev–Trinajstić information content (AvgIpc) is 2.87. The topological polar surface area (TPSA) is 32.3 Å². The first-order valence-corrected chi connectivity index (χ1v) is 8.68. The van der Waals surface area contributed by atoms with E-state index in [1.54, 1.807) is 11.8 Å². The zero-order chi connectivity index (χ0) is 12.8. The van der Waals surface area contributed by atoms with Crippen LogP contribution in [0.1, 0.15) is 38.5 Å². The third kappa shape index (κ3) is 4.16. The minimum absolute atomic E-state index is 0.193. The Morgan fingerprint density at radius 2 is 2.06 bits per heavy atom. The molecule has 2 rings (SSSR count). The highest BCUT2D eigenvalue weighted by Crippen LogP contribution is 2.27. The van der Waals surface area contributed by atoms with E-state index in [-0.39, 0.29) is 5.91 Å². The Morgan fingerprint density at radius 1 is 1.28 bits per heavy atom. The minimum atomic E-state index is 0.193. The first-order chi connectivity index (χ1) is 8.79. The Hall–Kier alpha value is -0.220. The molecule has 1 saturated carbocycles. The van der Waals surface area contributed by atoms with Gasteiger partial charge in [-0.1, -0.05) is 19.3 Å². The highest BCUT2D eigenvalue weighted by atomic mass is 32.2. The van der Waals surface area contributed by atoms with Crippen molar-refractivity contribution in [1.29, 1.82) is 0 Å². The van der Waals surface area contributed by atoms with Gasteiger partial charge in [-0.25, -0.2) is 0 Å². The number of rotatable bonds is 5. The number of nitrogens with zero attached hydrogens (tertiary/aromatic N) is 1. The van der Waals surface area contributed by atoms with Gasteiger partial charge in [-0.05, 0) is 38.0 Å². The molecular weight excluding hydrogens is 244 g/mol. The maximum Gasteiger partial charge on any atom is 0.229 e. The molecule has 1 N–H and O–H groups in total. The zero-order valence-electron chi connectivity index (χ0n) is 11.5. The van der Waals surface area contributed by atoms with Crippen molar-refractivity contribution in [3.8, 4) is 0 Å². The summed E-state index contributed by atoms with van der Waals surface area (Å²) in [6.07, 6.45) is 10.3. The summed E-state index contributed by atoms with van der Waals surface area (Å²) >= 11 is 1.59. The lowest BCUT2D eigenvalue weighted by molar-refractivity contribution is -0.118. The number of carbonyl (C=O) groups excluding carboxylic acids is 1. The first kappa shape index (κ1) is 14.2. The van der Waals surface area contributed by atoms with Gasteiger partial charge in [0.25, 0.3) is 0 Å². The Morgan fingerprint density at radius 3 is 2.78 bits per heavy atom. The monoisotopic (exact) mass is 270 g/mol. The standard InChI is InChI=1S/C14H26N2OS/c1-18-11-14(17)15-9-12-7-8-16(10-12)13-5-3-2-4-6-13/h12-13H,2-11H2,1H3,(H,15,17). The van der Waals surface area contributed by atoms with Crippen LogP contribution in [0.3, 0.4) is 0 Å². The van der Waals surface area contributed by atoms with Crippen LogP contribution in [0.15, 0.2) is 0 Å². The summed E-state index contributed by atoms with van der Waals surface area (Å²) in [6, 6.07) is 0.839. The predicted molar refractivity (Wildman–Crippen MR) is 77.9 cm³/mol. The van der Waals surface area contributed by atoms with Gasteiger partial charge in [0, 0.05) is 19.1 Å². The van der Waals surface area contributed by atoms with Crippen molar-refractivity contribution in [3.63, 3.8) is 0 Å². The molecule has 1 aliphatic heterocycles. The molecule has 0 spiro atoms. The van der Waals surface area contributed by atoms with E-state index in [2.05, 4.69) is 10.2 Å². The van der Waals surface area contributed by atoms with Gasteiger partial charge in [-0.15, -0.1) is 0 Å². The molecule has 1 unspecified atom stereocenters. The summed E-state index contributed by atoms with van der Waals surface area (Å²) in [6.45, 7) is 3.32. The maximum absolute atomic E-state index is 11.4. The highest BCUT2D eigenvalue weighted by molar-refractivity contribution is 7.99. The molecule has 18 heavy (non-hydrogen) atoms. The van der Waals surface area contributed by atoms with E-state index in [9.17, 15) is 4.79 Å². The molecule has 0 radical (unpaired) electrons. The van der Waals surface area contributed by atoms with E-state index in [1.165, 1.54) is 51.6 Å². The molecular formula is C14H26N2OS. The lowest BCUT2D eigenvalue weighted by Gasteiger charge is -2.31. The summed E-state index contributed by atoms with van der Waals surface area (Å²) in [5.74, 6) is 1.47. The molecule has 0 aromatic heterocycles. The summed E-state index contributed by atoms with van der Waals surface area (Å²) in [5.41, 5.74) is 0. The van der Waals surface area contributed by atoms with Crippen LogP contribution < -0.4 is 5.32 Å². The normalized spacial score (nSPS) is 26.4. The summed E-state index contributed by atoms with van der Waals surface area (Å²) in [7, 11) is 0. The minimum Gasteiger partial charge on any atom is -0.355 e. The van der Waals surface area contributed by atoms with Crippen molar-refractivity contribution in [2.75, 3.05) is 31.6 Å². The largest absolute Gasteiger partial charge is 0.355 e. The molecule has 4 heteroatoms. The van der Waals surface area contributed by atoms with Gasteiger partial charge in [0.05, 0.1) is 5.75 Å². The predicted octanol–water partition coefficient (Wildman–Crippen LogP) is 2.12. The maximum atomic E-state index is 11.4. The molecule has 1 atom stereocenters. The molecule has 2 aliphatic rings. The molecule has 0 aromatic carbocycles. The molecule has 2 fully saturated rings. The molecule has 0 bridgehead atoms. The van der Waals surface area contributed by atoms with Crippen LogP contribution in [-0.2, 0) is 4.79 Å². The number of hydrogen-bond acceptors (Lipinski definition) is 3. The van der Waals surface area contributed by atoms with Gasteiger partial charge in [-0.2, -0.15) is 11.8 Å². The molecule has 0 aromatic rings. The number of nitrogens with one attached hydrogen (secondary N) is 1. The zero-order valence-corrected chi connectivity index (χ0v) is 12.3. The van der Waals surface area contributed by atoms with Gasteiger partial charge in [0.2, 0.25) is 5.91 Å². The van der Waals surface area contributed by atoms with Crippen molar-refractivity contribution in [1.82, 2.24) is 10.2 Å². The van der Waals surface area contributed by atoms with Crippen LogP contribution in [0, 0.1) is 5.92 Å². The van der Waals surface area contributed by atoms with Crippen LogP contribution in [0.4, 0.5) is 0 Å². The molecule has 1 aliphatic carbocycles. The van der Waals surface area contributed by atoms with Crippen LogP contribution in [0.2, 0.25) is 0 Å². The Kier molecular flexibility index (Phi) is 5.83. The van der Waals surface area contributed by atoms with Crippen molar-refractivity contribution in [3.05, 3.63) is 0 Å². The lowest BCUT2D eigenvalue weighted by Crippen LogP contribution is -2.36. The molecule has 1 amide bonds. The van der Waals surface area contributed by atoms with Gasteiger partial charge in [-0.3, -0.25) is 4.79 Å². The molecule has 3 nitrogen and oxygen atoms in total. The van der Waals surface area contributed by atoms with E-state index < -0.39 is 0 Å². The van der Waals surface area contributed by atoms with Gasteiger partial charge < -0.3 is 10.2 Å². The fourth-order valence-electron chi connectivity index (χ4n) is 3.25. The van der Waals surface area contributed by atoms with Crippen molar-refractivity contribution in [2.24, 2.45) is 5.92 Å². The second kappa shape index (κ2) is 7.39. The third-order valence-corrected chi connectivity index (χ3v) is 4.82. The van der Waals surface area contributed by atoms with Gasteiger partial charge in [0.15, 0.2) is 0 Å².